The second-order valence-corrected chi connectivity index (χ2v) is 4.53. The normalized spacial score (nSPS) is 16.5. The lowest BCUT2D eigenvalue weighted by molar-refractivity contribution is 0.636. The van der Waals surface area contributed by atoms with E-state index >= 15 is 0 Å². The standard InChI is InChI=1S/C12H15N5/c13-10-6-3-7-11(8-10)17-12(14-15-16-17)9-4-1-2-5-9/h3,6-9H,1-2,4-5,13H2. The highest BCUT2D eigenvalue weighted by atomic mass is 15.5. The first-order valence-corrected chi connectivity index (χ1v) is 5.99. The zero-order valence-corrected chi connectivity index (χ0v) is 9.58. The molecule has 17 heavy (non-hydrogen) atoms. The van der Waals surface area contributed by atoms with Crippen molar-refractivity contribution >= 4 is 5.69 Å². The summed E-state index contributed by atoms with van der Waals surface area (Å²) in [5.74, 6) is 1.46. The molecule has 0 amide bonds. The minimum atomic E-state index is 0.492. The van der Waals surface area contributed by atoms with Crippen LogP contribution in [0.1, 0.15) is 37.4 Å². The van der Waals surface area contributed by atoms with Crippen molar-refractivity contribution in [3.8, 4) is 5.69 Å². The number of aromatic nitrogens is 4. The zero-order valence-electron chi connectivity index (χ0n) is 9.58. The van der Waals surface area contributed by atoms with Crippen LogP contribution in [0.2, 0.25) is 0 Å². The summed E-state index contributed by atoms with van der Waals surface area (Å²) in [6, 6.07) is 7.66. The Balaban J connectivity index is 2.00. The number of hydrogen-bond donors (Lipinski definition) is 1. The van der Waals surface area contributed by atoms with Crippen LogP contribution in [0.5, 0.6) is 0 Å². The van der Waals surface area contributed by atoms with Gasteiger partial charge in [-0.1, -0.05) is 18.9 Å². The lowest BCUT2D eigenvalue weighted by Gasteiger charge is -2.09. The van der Waals surface area contributed by atoms with Gasteiger partial charge in [-0.15, -0.1) is 5.10 Å². The maximum absolute atomic E-state index is 5.79. The van der Waals surface area contributed by atoms with Gasteiger partial charge in [-0.3, -0.25) is 0 Å². The molecule has 1 aromatic carbocycles. The van der Waals surface area contributed by atoms with Crippen LogP contribution in [-0.4, -0.2) is 20.2 Å². The molecule has 1 saturated carbocycles. The molecule has 1 aliphatic rings. The predicted octanol–water partition coefficient (Wildman–Crippen LogP) is 1.90. The van der Waals surface area contributed by atoms with Crippen molar-refractivity contribution < 1.29 is 0 Å². The molecule has 1 heterocycles. The molecule has 1 aliphatic carbocycles. The average molecular weight is 229 g/mol. The van der Waals surface area contributed by atoms with Crippen LogP contribution in [0.15, 0.2) is 24.3 Å². The van der Waals surface area contributed by atoms with Gasteiger partial charge in [0.05, 0.1) is 5.69 Å². The molecule has 0 saturated heterocycles. The highest BCUT2D eigenvalue weighted by molar-refractivity contribution is 5.47. The predicted molar refractivity (Wildman–Crippen MR) is 64.8 cm³/mol. The largest absolute Gasteiger partial charge is 0.399 e. The fourth-order valence-electron chi connectivity index (χ4n) is 2.47. The van der Waals surface area contributed by atoms with E-state index < -0.39 is 0 Å². The first-order chi connectivity index (χ1) is 8.34. The molecule has 88 valence electrons. The number of nitrogen functional groups attached to an aromatic ring is 1. The Kier molecular flexibility index (Phi) is 2.51. The number of hydrogen-bond acceptors (Lipinski definition) is 4. The highest BCUT2D eigenvalue weighted by Gasteiger charge is 2.23. The third-order valence-corrected chi connectivity index (χ3v) is 3.33. The minimum Gasteiger partial charge on any atom is -0.399 e. The van der Waals surface area contributed by atoms with Gasteiger partial charge in [0, 0.05) is 11.6 Å². The summed E-state index contributed by atoms with van der Waals surface area (Å²) in [6.45, 7) is 0. The maximum Gasteiger partial charge on any atom is 0.159 e. The zero-order chi connectivity index (χ0) is 11.7. The van der Waals surface area contributed by atoms with E-state index in [4.69, 9.17) is 5.73 Å². The van der Waals surface area contributed by atoms with E-state index in [1.165, 1.54) is 25.7 Å². The number of anilines is 1. The first kappa shape index (κ1) is 10.3. The summed E-state index contributed by atoms with van der Waals surface area (Å²) in [7, 11) is 0. The number of benzene rings is 1. The molecule has 0 bridgehead atoms. The molecule has 0 spiro atoms. The smallest absolute Gasteiger partial charge is 0.159 e. The Bertz CT molecular complexity index is 513. The first-order valence-electron chi connectivity index (χ1n) is 5.99. The van der Waals surface area contributed by atoms with Crippen LogP contribution in [0.25, 0.3) is 5.69 Å². The SMILES string of the molecule is Nc1cccc(-n2nnnc2C2CCCC2)c1. The van der Waals surface area contributed by atoms with Gasteiger partial charge in [0.2, 0.25) is 0 Å². The van der Waals surface area contributed by atoms with E-state index in [-0.39, 0.29) is 0 Å². The van der Waals surface area contributed by atoms with Crippen molar-refractivity contribution in [3.05, 3.63) is 30.1 Å². The molecule has 0 radical (unpaired) electrons. The summed E-state index contributed by atoms with van der Waals surface area (Å²) >= 11 is 0. The molecular weight excluding hydrogens is 214 g/mol. The monoisotopic (exact) mass is 229 g/mol. The highest BCUT2D eigenvalue weighted by Crippen LogP contribution is 2.33. The van der Waals surface area contributed by atoms with Gasteiger partial charge >= 0.3 is 0 Å². The summed E-state index contributed by atoms with van der Waals surface area (Å²) in [4.78, 5) is 0. The fraction of sp³-hybridized carbons (Fsp3) is 0.417. The summed E-state index contributed by atoms with van der Waals surface area (Å²) in [5, 5.41) is 12.0. The van der Waals surface area contributed by atoms with Gasteiger partial charge in [0.25, 0.3) is 0 Å². The van der Waals surface area contributed by atoms with E-state index in [0.29, 0.717) is 5.92 Å². The van der Waals surface area contributed by atoms with Crippen LogP contribution < -0.4 is 5.73 Å². The molecule has 5 heteroatoms. The number of rotatable bonds is 2. The van der Waals surface area contributed by atoms with E-state index in [9.17, 15) is 0 Å². The van der Waals surface area contributed by atoms with Gasteiger partial charge in [-0.2, -0.15) is 4.68 Å². The van der Waals surface area contributed by atoms with E-state index in [1.54, 1.807) is 0 Å². The van der Waals surface area contributed by atoms with Crippen molar-refractivity contribution in [2.45, 2.75) is 31.6 Å². The third kappa shape index (κ3) is 1.88. The maximum atomic E-state index is 5.79. The molecule has 2 N–H and O–H groups in total. The number of tetrazole rings is 1. The molecule has 0 unspecified atom stereocenters. The lowest BCUT2D eigenvalue weighted by atomic mass is 10.1. The summed E-state index contributed by atoms with van der Waals surface area (Å²) in [6.07, 6.45) is 4.91. The summed E-state index contributed by atoms with van der Waals surface area (Å²) in [5.41, 5.74) is 7.46. The van der Waals surface area contributed by atoms with Crippen molar-refractivity contribution in [2.24, 2.45) is 0 Å². The molecule has 2 aromatic rings. The van der Waals surface area contributed by atoms with Crippen LogP contribution in [0.3, 0.4) is 0 Å². The molecule has 1 aromatic heterocycles. The topological polar surface area (TPSA) is 69.6 Å². The Morgan fingerprint density at radius 1 is 1.24 bits per heavy atom. The van der Waals surface area contributed by atoms with Crippen LogP contribution in [-0.2, 0) is 0 Å². The van der Waals surface area contributed by atoms with Crippen LogP contribution in [0.4, 0.5) is 5.69 Å². The van der Waals surface area contributed by atoms with Crippen molar-refractivity contribution in [2.75, 3.05) is 5.73 Å². The van der Waals surface area contributed by atoms with Gasteiger partial charge in [-0.25, -0.2) is 0 Å². The molecule has 0 atom stereocenters. The molecule has 1 fully saturated rings. The molecule has 5 nitrogen and oxygen atoms in total. The Hall–Kier alpha value is -1.91. The average Bonchev–Trinajstić information content (AvgIpc) is 3.00. The Morgan fingerprint density at radius 2 is 2.06 bits per heavy atom. The van der Waals surface area contributed by atoms with Gasteiger partial charge in [0.1, 0.15) is 0 Å². The van der Waals surface area contributed by atoms with E-state index in [0.717, 1.165) is 17.2 Å². The second-order valence-electron chi connectivity index (χ2n) is 4.53. The fourth-order valence-corrected chi connectivity index (χ4v) is 2.47. The van der Waals surface area contributed by atoms with Gasteiger partial charge in [0.15, 0.2) is 5.82 Å². The van der Waals surface area contributed by atoms with E-state index in [1.807, 2.05) is 28.9 Å². The van der Waals surface area contributed by atoms with Crippen molar-refractivity contribution in [1.29, 1.82) is 0 Å². The summed E-state index contributed by atoms with van der Waals surface area (Å²) < 4.78 is 1.81. The molecule has 3 rings (SSSR count). The second kappa shape index (κ2) is 4.16. The minimum absolute atomic E-state index is 0.492. The van der Waals surface area contributed by atoms with Crippen LogP contribution >= 0.6 is 0 Å². The lowest BCUT2D eigenvalue weighted by Crippen LogP contribution is -2.07. The molecular formula is C12H15N5. The number of nitrogens with zero attached hydrogens (tertiary/aromatic N) is 4. The van der Waals surface area contributed by atoms with E-state index in [2.05, 4.69) is 15.5 Å². The van der Waals surface area contributed by atoms with Crippen molar-refractivity contribution in [3.63, 3.8) is 0 Å². The Labute approximate surface area is 99.6 Å². The van der Waals surface area contributed by atoms with Crippen molar-refractivity contribution in [1.82, 2.24) is 20.2 Å². The van der Waals surface area contributed by atoms with Crippen LogP contribution in [0, 0.1) is 0 Å². The van der Waals surface area contributed by atoms with Gasteiger partial charge in [-0.05, 0) is 41.5 Å². The number of nitrogens with two attached hydrogens (primary N) is 1. The Morgan fingerprint density at radius 3 is 2.82 bits per heavy atom. The molecule has 0 aliphatic heterocycles. The quantitative estimate of drug-likeness (QED) is 0.798. The van der Waals surface area contributed by atoms with Gasteiger partial charge < -0.3 is 5.73 Å². The third-order valence-electron chi connectivity index (χ3n) is 3.33.